The van der Waals surface area contributed by atoms with Gasteiger partial charge in [0.1, 0.15) is 0 Å². The van der Waals surface area contributed by atoms with E-state index in [0.717, 1.165) is 17.5 Å². The molecule has 1 unspecified atom stereocenters. The van der Waals surface area contributed by atoms with Gasteiger partial charge in [-0.1, -0.05) is 87.6 Å². The van der Waals surface area contributed by atoms with Gasteiger partial charge in [0.05, 0.1) is 4.90 Å². The van der Waals surface area contributed by atoms with Crippen molar-refractivity contribution in [3.05, 3.63) is 65.7 Å². The number of nitrogens with zero attached hydrogens (tertiary/aromatic N) is 1. The Balaban J connectivity index is 2.17. The molecule has 0 bridgehead atoms. The first kappa shape index (κ1) is 21.6. The number of sulfonamides is 1. The zero-order valence-electron chi connectivity index (χ0n) is 16.9. The van der Waals surface area contributed by atoms with E-state index in [1.807, 2.05) is 49.4 Å². The third-order valence-electron chi connectivity index (χ3n) is 4.93. The lowest BCUT2D eigenvalue weighted by atomic mass is 10.0. The van der Waals surface area contributed by atoms with Crippen LogP contribution >= 0.6 is 0 Å². The van der Waals surface area contributed by atoms with Crippen molar-refractivity contribution in [3.8, 4) is 0 Å². The minimum Gasteiger partial charge on any atom is -0.207 e. The normalized spacial score (nSPS) is 13.0. The summed E-state index contributed by atoms with van der Waals surface area (Å²) in [5.41, 5.74) is 2.08. The smallest absolute Gasteiger partial charge is 0.207 e. The van der Waals surface area contributed by atoms with Crippen LogP contribution in [0.4, 0.5) is 0 Å². The second kappa shape index (κ2) is 10.6. The molecule has 0 fully saturated rings. The van der Waals surface area contributed by atoms with E-state index >= 15 is 0 Å². The zero-order valence-corrected chi connectivity index (χ0v) is 17.7. The van der Waals surface area contributed by atoms with Crippen LogP contribution in [0.25, 0.3) is 0 Å². The Morgan fingerprint density at radius 3 is 2.22 bits per heavy atom. The van der Waals surface area contributed by atoms with Gasteiger partial charge in [0.15, 0.2) is 0 Å². The molecule has 0 amide bonds. The van der Waals surface area contributed by atoms with Gasteiger partial charge in [-0.25, -0.2) is 8.42 Å². The highest BCUT2D eigenvalue weighted by molar-refractivity contribution is 7.89. The Labute approximate surface area is 165 Å². The summed E-state index contributed by atoms with van der Waals surface area (Å²) in [6.45, 7) is 7.30. The van der Waals surface area contributed by atoms with E-state index in [1.54, 1.807) is 16.4 Å². The maximum atomic E-state index is 13.3. The van der Waals surface area contributed by atoms with E-state index in [4.69, 9.17) is 0 Å². The highest BCUT2D eigenvalue weighted by Gasteiger charge is 2.26. The molecule has 2 aromatic rings. The van der Waals surface area contributed by atoms with E-state index in [0.29, 0.717) is 23.9 Å². The SMILES string of the molecule is CCCCCCC(C)CN(Cc1ccccc1)S(=O)(=O)c1ccc(C)cc1. The molecule has 0 saturated carbocycles. The van der Waals surface area contributed by atoms with E-state index in [2.05, 4.69) is 13.8 Å². The summed E-state index contributed by atoms with van der Waals surface area (Å²) >= 11 is 0. The van der Waals surface area contributed by atoms with Crippen molar-refractivity contribution in [1.82, 2.24) is 4.31 Å². The lowest BCUT2D eigenvalue weighted by Crippen LogP contribution is -2.34. The van der Waals surface area contributed by atoms with Gasteiger partial charge in [-0.05, 0) is 37.0 Å². The zero-order chi connectivity index (χ0) is 19.7. The summed E-state index contributed by atoms with van der Waals surface area (Å²) in [5.74, 6) is 0.339. The second-order valence-electron chi connectivity index (χ2n) is 7.55. The first-order valence-corrected chi connectivity index (χ1v) is 11.5. The lowest BCUT2D eigenvalue weighted by Gasteiger charge is -2.26. The van der Waals surface area contributed by atoms with Crippen LogP contribution in [0.2, 0.25) is 0 Å². The van der Waals surface area contributed by atoms with Crippen molar-refractivity contribution in [3.63, 3.8) is 0 Å². The third-order valence-corrected chi connectivity index (χ3v) is 6.75. The van der Waals surface area contributed by atoms with Crippen molar-refractivity contribution in [2.75, 3.05) is 6.54 Å². The Morgan fingerprint density at radius 1 is 0.926 bits per heavy atom. The molecule has 0 N–H and O–H groups in total. The van der Waals surface area contributed by atoms with Crippen molar-refractivity contribution >= 4 is 10.0 Å². The molecule has 3 nitrogen and oxygen atoms in total. The number of aryl methyl sites for hydroxylation is 1. The predicted molar refractivity (Wildman–Crippen MR) is 113 cm³/mol. The fraction of sp³-hybridized carbons (Fsp3) is 0.478. The first-order valence-electron chi connectivity index (χ1n) is 10.0. The van der Waals surface area contributed by atoms with Crippen LogP contribution < -0.4 is 0 Å². The summed E-state index contributed by atoms with van der Waals surface area (Å²) < 4.78 is 28.2. The van der Waals surface area contributed by atoms with Crippen LogP contribution in [-0.4, -0.2) is 19.3 Å². The molecule has 2 aromatic carbocycles. The van der Waals surface area contributed by atoms with Gasteiger partial charge in [0.25, 0.3) is 0 Å². The molecule has 0 aliphatic heterocycles. The van der Waals surface area contributed by atoms with E-state index < -0.39 is 10.0 Å². The second-order valence-corrected chi connectivity index (χ2v) is 9.49. The van der Waals surface area contributed by atoms with Crippen molar-refractivity contribution < 1.29 is 8.42 Å². The Bertz CT molecular complexity index is 770. The molecule has 0 aromatic heterocycles. The molecule has 1 atom stereocenters. The number of rotatable bonds is 11. The van der Waals surface area contributed by atoms with E-state index in [-0.39, 0.29) is 0 Å². The van der Waals surface area contributed by atoms with Crippen LogP contribution in [-0.2, 0) is 16.6 Å². The van der Waals surface area contributed by atoms with Crippen LogP contribution in [0.3, 0.4) is 0 Å². The van der Waals surface area contributed by atoms with Gasteiger partial charge in [0, 0.05) is 13.1 Å². The highest BCUT2D eigenvalue weighted by Crippen LogP contribution is 2.22. The molecule has 27 heavy (non-hydrogen) atoms. The van der Waals surface area contributed by atoms with Crippen LogP contribution in [0.1, 0.15) is 57.1 Å². The number of hydrogen-bond acceptors (Lipinski definition) is 2. The van der Waals surface area contributed by atoms with Crippen LogP contribution in [0.15, 0.2) is 59.5 Å². The topological polar surface area (TPSA) is 37.4 Å². The third kappa shape index (κ3) is 6.78. The van der Waals surface area contributed by atoms with E-state index in [1.165, 1.54) is 25.7 Å². The molecule has 0 saturated heterocycles. The van der Waals surface area contributed by atoms with Gasteiger partial charge in [-0.15, -0.1) is 0 Å². The number of hydrogen-bond donors (Lipinski definition) is 0. The lowest BCUT2D eigenvalue weighted by molar-refractivity contribution is 0.332. The maximum Gasteiger partial charge on any atom is 0.243 e. The molecular formula is C23H33NO2S. The Hall–Kier alpha value is -1.65. The van der Waals surface area contributed by atoms with Crippen LogP contribution in [0.5, 0.6) is 0 Å². The minimum atomic E-state index is -3.51. The predicted octanol–water partition coefficient (Wildman–Crippen LogP) is 5.79. The summed E-state index contributed by atoms with van der Waals surface area (Å²) in [7, 11) is -3.51. The van der Waals surface area contributed by atoms with Crippen molar-refractivity contribution in [1.29, 1.82) is 0 Å². The maximum absolute atomic E-state index is 13.3. The number of benzene rings is 2. The molecule has 0 aliphatic carbocycles. The molecule has 0 aliphatic rings. The fourth-order valence-electron chi connectivity index (χ4n) is 3.25. The molecule has 0 spiro atoms. The average molecular weight is 388 g/mol. The summed E-state index contributed by atoms with van der Waals surface area (Å²) in [6.07, 6.45) is 5.93. The first-order chi connectivity index (χ1) is 12.9. The molecule has 0 heterocycles. The quantitative estimate of drug-likeness (QED) is 0.457. The summed E-state index contributed by atoms with van der Waals surface area (Å²) in [6, 6.07) is 17.0. The fourth-order valence-corrected chi connectivity index (χ4v) is 4.80. The van der Waals surface area contributed by atoms with Crippen molar-refractivity contribution in [2.24, 2.45) is 5.92 Å². The monoisotopic (exact) mass is 387 g/mol. The molecule has 4 heteroatoms. The summed E-state index contributed by atoms with van der Waals surface area (Å²) in [5, 5.41) is 0. The minimum absolute atomic E-state index is 0.339. The molecular weight excluding hydrogens is 354 g/mol. The van der Waals surface area contributed by atoms with Gasteiger partial charge in [-0.2, -0.15) is 4.31 Å². The molecule has 0 radical (unpaired) electrons. The molecule has 2 rings (SSSR count). The highest BCUT2D eigenvalue weighted by atomic mass is 32.2. The largest absolute Gasteiger partial charge is 0.243 e. The van der Waals surface area contributed by atoms with Crippen LogP contribution in [0, 0.1) is 12.8 Å². The average Bonchev–Trinajstić information content (AvgIpc) is 2.66. The number of unbranched alkanes of at least 4 members (excludes halogenated alkanes) is 3. The van der Waals surface area contributed by atoms with E-state index in [9.17, 15) is 8.42 Å². The van der Waals surface area contributed by atoms with Gasteiger partial charge < -0.3 is 0 Å². The van der Waals surface area contributed by atoms with Crippen molar-refractivity contribution in [2.45, 2.75) is 64.3 Å². The van der Waals surface area contributed by atoms with Gasteiger partial charge in [-0.3, -0.25) is 0 Å². The Kier molecular flexibility index (Phi) is 8.52. The summed E-state index contributed by atoms with van der Waals surface area (Å²) in [4.78, 5) is 0.377. The standard InChI is InChI=1S/C23H33NO2S/c1-4-5-6-8-11-21(3)18-24(19-22-12-9-7-10-13-22)27(25,26)23-16-14-20(2)15-17-23/h7,9-10,12-17,21H,4-6,8,11,18-19H2,1-3H3. The van der Waals surface area contributed by atoms with Gasteiger partial charge >= 0.3 is 0 Å². The Morgan fingerprint density at radius 2 is 1.59 bits per heavy atom. The molecule has 148 valence electrons. The van der Waals surface area contributed by atoms with Gasteiger partial charge in [0.2, 0.25) is 10.0 Å².